The highest BCUT2D eigenvalue weighted by Crippen LogP contribution is 2.16. The van der Waals surface area contributed by atoms with Gasteiger partial charge in [0.15, 0.2) is 0 Å². The number of rotatable bonds is 3. The number of carbonyl (C=O) groups excluding carboxylic acids is 1. The molecule has 4 nitrogen and oxygen atoms in total. The zero-order chi connectivity index (χ0) is 8.27. The molecule has 0 unspecified atom stereocenters. The predicted molar refractivity (Wildman–Crippen MR) is 43.2 cm³/mol. The van der Waals surface area contributed by atoms with Crippen LogP contribution in [0.5, 0.6) is 0 Å². The van der Waals surface area contributed by atoms with Crippen LogP contribution in [0.4, 0.5) is 0 Å². The summed E-state index contributed by atoms with van der Waals surface area (Å²) in [7, 11) is 0. The van der Waals surface area contributed by atoms with Crippen LogP contribution in [0.25, 0.3) is 0 Å². The Morgan fingerprint density at radius 3 is 3.09 bits per heavy atom. The topological polar surface area (TPSA) is 71.8 Å². The molecule has 11 heavy (non-hydrogen) atoms. The highest BCUT2D eigenvalue weighted by atomic mass is 32.2. The third-order valence-electron chi connectivity index (χ3n) is 1.13. The number of nitrogens with two attached hydrogens (primary N) is 1. The molecule has 1 rings (SSSR count). The Morgan fingerprint density at radius 2 is 2.64 bits per heavy atom. The maximum atomic E-state index is 10.4. The van der Waals surface area contributed by atoms with Crippen molar-refractivity contribution in [3.63, 3.8) is 0 Å². The molecule has 0 aliphatic carbocycles. The summed E-state index contributed by atoms with van der Waals surface area (Å²) in [6.45, 7) is 1.90. The molecule has 5 heteroatoms. The molecule has 0 aliphatic heterocycles. The van der Waals surface area contributed by atoms with Gasteiger partial charge in [0, 0.05) is 5.69 Å². The second kappa shape index (κ2) is 3.43. The maximum Gasteiger partial charge on any atom is 0.227 e. The summed E-state index contributed by atoms with van der Waals surface area (Å²) < 4.78 is 0. The van der Waals surface area contributed by atoms with Gasteiger partial charge in [0.2, 0.25) is 5.91 Å². The number of imidazole rings is 1. The Kier molecular flexibility index (Phi) is 2.53. The van der Waals surface area contributed by atoms with Crippen molar-refractivity contribution in [1.29, 1.82) is 0 Å². The molecule has 0 fully saturated rings. The number of thioether (sulfide) groups is 1. The third-order valence-corrected chi connectivity index (χ3v) is 2.25. The molecular weight excluding hydrogens is 162 g/mol. The van der Waals surface area contributed by atoms with E-state index in [0.29, 0.717) is 0 Å². The first-order valence-electron chi connectivity index (χ1n) is 3.11. The summed E-state index contributed by atoms with van der Waals surface area (Å²) in [5.74, 6) is -0.0384. The lowest BCUT2D eigenvalue weighted by atomic mass is 10.6. The van der Waals surface area contributed by atoms with Crippen LogP contribution in [-0.4, -0.2) is 21.6 Å². The van der Waals surface area contributed by atoms with E-state index in [1.54, 1.807) is 6.33 Å². The smallest absolute Gasteiger partial charge is 0.227 e. The van der Waals surface area contributed by atoms with Gasteiger partial charge in [-0.25, -0.2) is 4.98 Å². The molecule has 0 spiro atoms. The SMILES string of the molecule is Cc1[nH]cnc1SCC(N)=O. The van der Waals surface area contributed by atoms with Gasteiger partial charge >= 0.3 is 0 Å². The Labute approximate surface area is 68.6 Å². The van der Waals surface area contributed by atoms with E-state index in [9.17, 15) is 4.79 Å². The number of primary amides is 1. The Balaban J connectivity index is 2.51. The largest absolute Gasteiger partial charge is 0.369 e. The van der Waals surface area contributed by atoms with Gasteiger partial charge in [-0.2, -0.15) is 0 Å². The molecule has 60 valence electrons. The molecule has 0 saturated carbocycles. The van der Waals surface area contributed by atoms with Gasteiger partial charge in [0.1, 0.15) is 5.03 Å². The summed E-state index contributed by atoms with van der Waals surface area (Å²) in [5, 5.41) is 0.837. The average Bonchev–Trinajstić information content (AvgIpc) is 2.31. The number of hydrogen-bond acceptors (Lipinski definition) is 3. The molecule has 0 bridgehead atoms. The second-order valence-electron chi connectivity index (χ2n) is 2.09. The number of H-pyrrole nitrogens is 1. The van der Waals surface area contributed by atoms with Crippen LogP contribution in [0.1, 0.15) is 5.69 Å². The lowest BCUT2D eigenvalue weighted by molar-refractivity contribution is -0.115. The monoisotopic (exact) mass is 171 g/mol. The highest BCUT2D eigenvalue weighted by Gasteiger charge is 2.02. The maximum absolute atomic E-state index is 10.4. The minimum Gasteiger partial charge on any atom is -0.369 e. The molecule has 1 aromatic heterocycles. The van der Waals surface area contributed by atoms with Crippen molar-refractivity contribution >= 4 is 17.7 Å². The molecular formula is C6H9N3OS. The van der Waals surface area contributed by atoms with E-state index in [4.69, 9.17) is 5.73 Å². The molecule has 0 atom stereocenters. The summed E-state index contributed by atoms with van der Waals surface area (Å²) >= 11 is 1.34. The van der Waals surface area contributed by atoms with E-state index in [1.165, 1.54) is 11.8 Å². The molecule has 0 saturated heterocycles. The van der Waals surface area contributed by atoms with E-state index in [1.807, 2.05) is 6.92 Å². The van der Waals surface area contributed by atoms with Gasteiger partial charge in [0.05, 0.1) is 12.1 Å². The lowest BCUT2D eigenvalue weighted by Gasteiger charge is -1.93. The van der Waals surface area contributed by atoms with Gasteiger partial charge in [-0.05, 0) is 6.92 Å². The summed E-state index contributed by atoms with van der Waals surface area (Å²) in [4.78, 5) is 17.3. The first-order chi connectivity index (χ1) is 5.20. The normalized spacial score (nSPS) is 9.91. The molecule has 0 radical (unpaired) electrons. The lowest BCUT2D eigenvalue weighted by Crippen LogP contribution is -2.13. The van der Waals surface area contributed by atoms with Crippen LogP contribution in [0.3, 0.4) is 0 Å². The minimum atomic E-state index is -0.322. The Hall–Kier alpha value is -0.970. The van der Waals surface area contributed by atoms with E-state index in [2.05, 4.69) is 9.97 Å². The number of nitrogens with zero attached hydrogens (tertiary/aromatic N) is 1. The minimum absolute atomic E-state index is 0.283. The zero-order valence-corrected chi connectivity index (χ0v) is 6.94. The van der Waals surface area contributed by atoms with Crippen LogP contribution in [0.2, 0.25) is 0 Å². The van der Waals surface area contributed by atoms with E-state index >= 15 is 0 Å². The van der Waals surface area contributed by atoms with Gasteiger partial charge in [-0.1, -0.05) is 11.8 Å². The highest BCUT2D eigenvalue weighted by molar-refractivity contribution is 7.99. The standard InChI is InChI=1S/C6H9N3OS/c1-4-6(9-3-8-4)11-2-5(7)10/h3H,2H2,1H3,(H2,7,10)(H,8,9). The predicted octanol–water partition coefficient (Wildman–Crippen LogP) is 0.296. The molecule has 1 heterocycles. The summed E-state index contributed by atoms with van der Waals surface area (Å²) in [6, 6.07) is 0. The van der Waals surface area contributed by atoms with Gasteiger partial charge in [0.25, 0.3) is 0 Å². The quantitative estimate of drug-likeness (QED) is 0.642. The Morgan fingerprint density at radius 1 is 1.91 bits per heavy atom. The van der Waals surface area contributed by atoms with Crippen LogP contribution < -0.4 is 5.73 Å². The van der Waals surface area contributed by atoms with Crippen LogP contribution in [0.15, 0.2) is 11.4 Å². The van der Waals surface area contributed by atoms with Crippen LogP contribution in [-0.2, 0) is 4.79 Å². The molecule has 0 aromatic carbocycles. The molecule has 3 N–H and O–H groups in total. The summed E-state index contributed by atoms with van der Waals surface area (Å²) in [5.41, 5.74) is 5.93. The average molecular weight is 171 g/mol. The number of aromatic amines is 1. The zero-order valence-electron chi connectivity index (χ0n) is 6.13. The third kappa shape index (κ3) is 2.27. The number of carbonyl (C=O) groups is 1. The van der Waals surface area contributed by atoms with E-state index < -0.39 is 0 Å². The second-order valence-corrected chi connectivity index (χ2v) is 3.05. The molecule has 1 aromatic rings. The number of hydrogen-bond donors (Lipinski definition) is 2. The van der Waals surface area contributed by atoms with Crippen molar-refractivity contribution in [3.8, 4) is 0 Å². The van der Waals surface area contributed by atoms with E-state index in [-0.39, 0.29) is 11.7 Å². The fraction of sp³-hybridized carbons (Fsp3) is 0.333. The van der Waals surface area contributed by atoms with E-state index in [0.717, 1.165) is 10.7 Å². The number of aromatic nitrogens is 2. The fourth-order valence-electron chi connectivity index (χ4n) is 0.631. The van der Waals surface area contributed by atoms with Gasteiger partial charge in [-0.15, -0.1) is 0 Å². The van der Waals surface area contributed by atoms with Crippen LogP contribution >= 0.6 is 11.8 Å². The van der Waals surface area contributed by atoms with Gasteiger partial charge in [-0.3, -0.25) is 4.79 Å². The first-order valence-corrected chi connectivity index (χ1v) is 4.10. The first kappa shape index (κ1) is 8.13. The fourth-order valence-corrected chi connectivity index (χ4v) is 1.31. The Bertz CT molecular complexity index is 258. The molecule has 0 aliphatic rings. The number of nitrogens with one attached hydrogen (secondary N) is 1. The van der Waals surface area contributed by atoms with Crippen molar-refractivity contribution in [1.82, 2.24) is 9.97 Å². The number of aryl methyl sites for hydroxylation is 1. The van der Waals surface area contributed by atoms with Crippen molar-refractivity contribution in [2.24, 2.45) is 5.73 Å². The van der Waals surface area contributed by atoms with Crippen molar-refractivity contribution < 1.29 is 4.79 Å². The van der Waals surface area contributed by atoms with Crippen molar-refractivity contribution in [2.75, 3.05) is 5.75 Å². The van der Waals surface area contributed by atoms with Gasteiger partial charge < -0.3 is 10.7 Å². The molecule has 1 amide bonds. The number of amides is 1. The van der Waals surface area contributed by atoms with Crippen molar-refractivity contribution in [3.05, 3.63) is 12.0 Å². The summed E-state index contributed by atoms with van der Waals surface area (Å²) in [6.07, 6.45) is 1.60. The van der Waals surface area contributed by atoms with Crippen molar-refractivity contribution in [2.45, 2.75) is 11.9 Å². The van der Waals surface area contributed by atoms with Crippen LogP contribution in [0, 0.1) is 6.92 Å².